The Morgan fingerprint density at radius 1 is 1.22 bits per heavy atom. The molecule has 3 rings (SSSR count). The summed E-state index contributed by atoms with van der Waals surface area (Å²) in [6, 6.07) is 7.49. The lowest BCUT2D eigenvalue weighted by Crippen LogP contribution is -2.37. The van der Waals surface area contributed by atoms with Gasteiger partial charge in [0.15, 0.2) is 0 Å². The molecule has 0 saturated carbocycles. The molecule has 0 bridgehead atoms. The van der Waals surface area contributed by atoms with Crippen molar-refractivity contribution in [1.29, 1.82) is 0 Å². The van der Waals surface area contributed by atoms with Gasteiger partial charge in [-0.3, -0.25) is 14.8 Å². The predicted octanol–water partition coefficient (Wildman–Crippen LogP) is 2.31. The highest BCUT2D eigenvalue weighted by molar-refractivity contribution is 5.08. The van der Waals surface area contributed by atoms with Crippen molar-refractivity contribution in [2.24, 2.45) is 0 Å². The molecule has 0 spiro atoms. The van der Waals surface area contributed by atoms with Gasteiger partial charge in [0.25, 0.3) is 0 Å². The Balaban J connectivity index is 1.71. The maximum Gasteiger partial charge on any atom is 0.0572 e. The zero-order valence-electron chi connectivity index (χ0n) is 11.3. The summed E-state index contributed by atoms with van der Waals surface area (Å²) in [4.78, 5) is 9.82. The molecule has 3 nitrogen and oxygen atoms in total. The summed E-state index contributed by atoms with van der Waals surface area (Å²) in [7, 11) is 0. The van der Waals surface area contributed by atoms with E-state index in [9.17, 15) is 0 Å². The number of aromatic nitrogens is 1. The highest BCUT2D eigenvalue weighted by Gasteiger charge is 2.30. The third-order valence-corrected chi connectivity index (χ3v) is 4.50. The zero-order chi connectivity index (χ0) is 12.4. The van der Waals surface area contributed by atoms with Crippen molar-refractivity contribution in [3.05, 3.63) is 30.1 Å². The van der Waals surface area contributed by atoms with Crippen LogP contribution in [0.2, 0.25) is 0 Å². The molecule has 0 aromatic carbocycles. The molecule has 2 aliphatic rings. The van der Waals surface area contributed by atoms with Crippen molar-refractivity contribution in [3.63, 3.8) is 0 Å². The fourth-order valence-corrected chi connectivity index (χ4v) is 3.40. The predicted molar refractivity (Wildman–Crippen MR) is 73.4 cm³/mol. The minimum atomic E-state index is 0.451. The fraction of sp³-hybridized carbons (Fsp3) is 0.667. The van der Waals surface area contributed by atoms with Gasteiger partial charge in [-0.2, -0.15) is 0 Å². The lowest BCUT2D eigenvalue weighted by atomic mass is 10.1. The Morgan fingerprint density at radius 3 is 2.94 bits per heavy atom. The van der Waals surface area contributed by atoms with Crippen molar-refractivity contribution in [2.45, 2.75) is 38.3 Å². The summed E-state index contributed by atoms with van der Waals surface area (Å²) in [6.45, 7) is 7.34. The van der Waals surface area contributed by atoms with Crippen molar-refractivity contribution in [1.82, 2.24) is 14.8 Å². The summed E-state index contributed by atoms with van der Waals surface area (Å²) in [5, 5.41) is 0. The molecule has 0 aliphatic carbocycles. The summed E-state index contributed by atoms with van der Waals surface area (Å²) < 4.78 is 0. The van der Waals surface area contributed by atoms with E-state index >= 15 is 0 Å². The number of rotatable bonds is 2. The maximum atomic E-state index is 4.51. The van der Waals surface area contributed by atoms with Gasteiger partial charge in [0.05, 0.1) is 5.69 Å². The standard InChI is InChI=1S/C15H23N3/c1-13(15-7-2-3-8-16-15)18-11-5-10-17-9-4-6-14(17)12-18/h2-3,7-8,13-14H,4-6,9-12H2,1H3. The van der Waals surface area contributed by atoms with Gasteiger partial charge in [0.1, 0.15) is 0 Å². The molecular formula is C15H23N3. The highest BCUT2D eigenvalue weighted by atomic mass is 15.3. The average molecular weight is 245 g/mol. The first kappa shape index (κ1) is 12.1. The average Bonchev–Trinajstić information content (AvgIpc) is 2.76. The van der Waals surface area contributed by atoms with E-state index in [0.29, 0.717) is 6.04 Å². The Bertz CT molecular complexity index is 379. The first-order valence-electron chi connectivity index (χ1n) is 7.23. The van der Waals surface area contributed by atoms with Crippen LogP contribution in [0, 0.1) is 0 Å². The van der Waals surface area contributed by atoms with Gasteiger partial charge < -0.3 is 0 Å². The molecule has 0 radical (unpaired) electrons. The van der Waals surface area contributed by atoms with Crippen LogP contribution >= 0.6 is 0 Å². The molecule has 2 saturated heterocycles. The lowest BCUT2D eigenvalue weighted by Gasteiger charge is -2.30. The van der Waals surface area contributed by atoms with E-state index < -0.39 is 0 Å². The van der Waals surface area contributed by atoms with Crippen molar-refractivity contribution < 1.29 is 0 Å². The molecule has 18 heavy (non-hydrogen) atoms. The lowest BCUT2D eigenvalue weighted by molar-refractivity contribution is 0.180. The Labute approximate surface area is 110 Å². The molecule has 3 heteroatoms. The van der Waals surface area contributed by atoms with Crippen LogP contribution in [-0.4, -0.2) is 47.0 Å². The molecule has 0 amide bonds. The second-order valence-electron chi connectivity index (χ2n) is 5.61. The van der Waals surface area contributed by atoms with Gasteiger partial charge in [-0.1, -0.05) is 6.07 Å². The Kier molecular flexibility index (Phi) is 3.62. The topological polar surface area (TPSA) is 19.4 Å². The van der Waals surface area contributed by atoms with Gasteiger partial charge in [-0.25, -0.2) is 0 Å². The molecule has 3 heterocycles. The maximum absolute atomic E-state index is 4.51. The SMILES string of the molecule is CC(c1ccccn1)N1CCCN2CCCC2C1. The van der Waals surface area contributed by atoms with Gasteiger partial charge in [0, 0.05) is 31.4 Å². The largest absolute Gasteiger partial charge is 0.299 e. The summed E-state index contributed by atoms with van der Waals surface area (Å²) in [5.41, 5.74) is 1.21. The highest BCUT2D eigenvalue weighted by Crippen LogP contribution is 2.26. The second kappa shape index (κ2) is 5.37. The summed E-state index contributed by atoms with van der Waals surface area (Å²) in [6.07, 6.45) is 5.97. The van der Waals surface area contributed by atoms with E-state index in [4.69, 9.17) is 0 Å². The van der Waals surface area contributed by atoms with E-state index in [0.717, 1.165) is 6.04 Å². The molecule has 98 valence electrons. The number of hydrogen-bond donors (Lipinski definition) is 0. The number of fused-ring (bicyclic) bond motifs is 1. The Morgan fingerprint density at radius 2 is 2.11 bits per heavy atom. The van der Waals surface area contributed by atoms with Crippen LogP contribution in [0.5, 0.6) is 0 Å². The number of nitrogens with zero attached hydrogens (tertiary/aromatic N) is 3. The molecule has 2 aliphatic heterocycles. The third-order valence-electron chi connectivity index (χ3n) is 4.50. The monoisotopic (exact) mass is 245 g/mol. The van der Waals surface area contributed by atoms with E-state index in [1.807, 2.05) is 12.3 Å². The van der Waals surface area contributed by atoms with Crippen LogP contribution in [0.3, 0.4) is 0 Å². The van der Waals surface area contributed by atoms with Crippen molar-refractivity contribution >= 4 is 0 Å². The van der Waals surface area contributed by atoms with E-state index in [-0.39, 0.29) is 0 Å². The van der Waals surface area contributed by atoms with Crippen LogP contribution in [0.25, 0.3) is 0 Å². The van der Waals surface area contributed by atoms with E-state index in [2.05, 4.69) is 33.8 Å². The van der Waals surface area contributed by atoms with Gasteiger partial charge in [-0.05, 0) is 51.4 Å². The molecule has 2 unspecified atom stereocenters. The van der Waals surface area contributed by atoms with Crippen LogP contribution in [0.1, 0.15) is 37.9 Å². The second-order valence-corrected chi connectivity index (χ2v) is 5.61. The summed E-state index contributed by atoms with van der Waals surface area (Å²) >= 11 is 0. The molecule has 2 atom stereocenters. The number of hydrogen-bond acceptors (Lipinski definition) is 3. The minimum absolute atomic E-state index is 0.451. The third kappa shape index (κ3) is 2.43. The van der Waals surface area contributed by atoms with Crippen LogP contribution < -0.4 is 0 Å². The normalized spacial score (nSPS) is 27.7. The van der Waals surface area contributed by atoms with Crippen molar-refractivity contribution in [3.8, 4) is 0 Å². The minimum Gasteiger partial charge on any atom is -0.299 e. The molecule has 1 aromatic heterocycles. The van der Waals surface area contributed by atoms with Crippen LogP contribution in [0.15, 0.2) is 24.4 Å². The molecule has 2 fully saturated rings. The molecular weight excluding hydrogens is 222 g/mol. The van der Waals surface area contributed by atoms with Gasteiger partial charge in [-0.15, -0.1) is 0 Å². The van der Waals surface area contributed by atoms with Crippen LogP contribution in [-0.2, 0) is 0 Å². The smallest absolute Gasteiger partial charge is 0.0572 e. The summed E-state index contributed by atoms with van der Waals surface area (Å²) in [5.74, 6) is 0. The van der Waals surface area contributed by atoms with E-state index in [1.54, 1.807) is 0 Å². The first-order valence-corrected chi connectivity index (χ1v) is 7.23. The van der Waals surface area contributed by atoms with Gasteiger partial charge in [0.2, 0.25) is 0 Å². The molecule has 0 N–H and O–H groups in total. The van der Waals surface area contributed by atoms with Gasteiger partial charge >= 0.3 is 0 Å². The fourth-order valence-electron chi connectivity index (χ4n) is 3.40. The number of pyridine rings is 1. The zero-order valence-corrected chi connectivity index (χ0v) is 11.3. The van der Waals surface area contributed by atoms with Crippen LogP contribution in [0.4, 0.5) is 0 Å². The first-order chi connectivity index (χ1) is 8.84. The molecule has 1 aromatic rings. The Hall–Kier alpha value is -0.930. The van der Waals surface area contributed by atoms with E-state index in [1.165, 1.54) is 51.1 Å². The van der Waals surface area contributed by atoms with Crippen molar-refractivity contribution in [2.75, 3.05) is 26.2 Å². The quantitative estimate of drug-likeness (QED) is 0.797.